The molecule has 0 saturated carbocycles. The number of sulfonamides is 1. The molecule has 1 saturated heterocycles. The SMILES string of the molecule is Nc1ccc(F)c(S(=O)(=O)N2CCSCC2)c1. The molecule has 4 nitrogen and oxygen atoms in total. The molecule has 1 heterocycles. The summed E-state index contributed by atoms with van der Waals surface area (Å²) in [5.74, 6) is 0.726. The zero-order chi connectivity index (χ0) is 12.5. The number of hydrogen-bond donors (Lipinski definition) is 1. The van der Waals surface area contributed by atoms with Gasteiger partial charge in [-0.2, -0.15) is 16.1 Å². The third-order valence-electron chi connectivity index (χ3n) is 2.54. The molecule has 1 aliphatic rings. The van der Waals surface area contributed by atoms with Gasteiger partial charge >= 0.3 is 0 Å². The van der Waals surface area contributed by atoms with Gasteiger partial charge in [-0.25, -0.2) is 12.8 Å². The molecule has 0 aromatic heterocycles. The maximum absolute atomic E-state index is 13.6. The van der Waals surface area contributed by atoms with E-state index in [-0.39, 0.29) is 10.6 Å². The van der Waals surface area contributed by atoms with E-state index in [1.807, 2.05) is 0 Å². The molecule has 0 radical (unpaired) electrons. The molecule has 1 aromatic rings. The van der Waals surface area contributed by atoms with E-state index in [9.17, 15) is 12.8 Å². The van der Waals surface area contributed by atoms with Crippen LogP contribution in [0.15, 0.2) is 23.1 Å². The van der Waals surface area contributed by atoms with Gasteiger partial charge in [0.1, 0.15) is 10.7 Å². The predicted molar refractivity (Wildman–Crippen MR) is 66.9 cm³/mol. The Morgan fingerprint density at radius 2 is 1.94 bits per heavy atom. The van der Waals surface area contributed by atoms with Crippen LogP contribution in [0, 0.1) is 5.82 Å². The lowest BCUT2D eigenvalue weighted by atomic mass is 10.3. The van der Waals surface area contributed by atoms with E-state index < -0.39 is 15.8 Å². The fraction of sp³-hybridized carbons (Fsp3) is 0.400. The molecular weight excluding hydrogens is 263 g/mol. The Labute approximate surface area is 104 Å². The molecule has 1 fully saturated rings. The van der Waals surface area contributed by atoms with E-state index in [1.54, 1.807) is 11.8 Å². The summed E-state index contributed by atoms with van der Waals surface area (Å²) < 4.78 is 39.2. The summed E-state index contributed by atoms with van der Waals surface area (Å²) >= 11 is 1.69. The molecular formula is C10H13FN2O2S2. The molecule has 1 aromatic carbocycles. The molecule has 94 valence electrons. The van der Waals surface area contributed by atoms with Crippen LogP contribution in [-0.2, 0) is 10.0 Å². The fourth-order valence-electron chi connectivity index (χ4n) is 1.64. The molecule has 2 N–H and O–H groups in total. The maximum atomic E-state index is 13.6. The number of benzene rings is 1. The summed E-state index contributed by atoms with van der Waals surface area (Å²) in [4.78, 5) is -0.329. The molecule has 0 atom stereocenters. The molecule has 0 aliphatic carbocycles. The number of thioether (sulfide) groups is 1. The van der Waals surface area contributed by atoms with Gasteiger partial charge in [-0.3, -0.25) is 0 Å². The van der Waals surface area contributed by atoms with Crippen LogP contribution in [0.3, 0.4) is 0 Å². The first-order valence-electron chi connectivity index (χ1n) is 5.15. The average molecular weight is 276 g/mol. The van der Waals surface area contributed by atoms with Crippen molar-refractivity contribution in [1.82, 2.24) is 4.31 Å². The van der Waals surface area contributed by atoms with Crippen LogP contribution in [0.4, 0.5) is 10.1 Å². The number of nitrogen functional groups attached to an aromatic ring is 1. The highest BCUT2D eigenvalue weighted by Crippen LogP contribution is 2.24. The highest BCUT2D eigenvalue weighted by Gasteiger charge is 2.28. The van der Waals surface area contributed by atoms with Gasteiger partial charge < -0.3 is 5.73 Å². The van der Waals surface area contributed by atoms with Gasteiger partial charge in [0.25, 0.3) is 0 Å². The Bertz CT molecular complexity index is 513. The molecule has 2 rings (SSSR count). The largest absolute Gasteiger partial charge is 0.399 e. The van der Waals surface area contributed by atoms with Crippen LogP contribution >= 0.6 is 11.8 Å². The van der Waals surface area contributed by atoms with Gasteiger partial charge in [-0.1, -0.05) is 0 Å². The summed E-state index contributed by atoms with van der Waals surface area (Å²) in [5.41, 5.74) is 5.75. The van der Waals surface area contributed by atoms with E-state index in [0.717, 1.165) is 17.6 Å². The normalized spacial score (nSPS) is 18.2. The van der Waals surface area contributed by atoms with Gasteiger partial charge in [0, 0.05) is 30.3 Å². The third-order valence-corrected chi connectivity index (χ3v) is 5.40. The number of nitrogens with zero attached hydrogens (tertiary/aromatic N) is 1. The van der Waals surface area contributed by atoms with Crippen LogP contribution < -0.4 is 5.73 Å². The smallest absolute Gasteiger partial charge is 0.246 e. The fourth-order valence-corrected chi connectivity index (χ4v) is 4.32. The van der Waals surface area contributed by atoms with Crippen LogP contribution in [0.25, 0.3) is 0 Å². The average Bonchev–Trinajstić information content (AvgIpc) is 2.33. The summed E-state index contributed by atoms with van der Waals surface area (Å²) in [7, 11) is -3.75. The van der Waals surface area contributed by atoms with Gasteiger partial charge in [0.2, 0.25) is 10.0 Å². The Morgan fingerprint density at radius 3 is 2.59 bits per heavy atom. The maximum Gasteiger partial charge on any atom is 0.246 e. The predicted octanol–water partition coefficient (Wildman–Crippen LogP) is 1.15. The summed E-state index contributed by atoms with van der Waals surface area (Å²) in [6.45, 7) is 0.836. The second-order valence-corrected chi connectivity index (χ2v) is 6.84. The minimum atomic E-state index is -3.75. The van der Waals surface area contributed by atoms with Crippen molar-refractivity contribution in [3.63, 3.8) is 0 Å². The van der Waals surface area contributed by atoms with Crippen molar-refractivity contribution in [2.45, 2.75) is 4.90 Å². The van der Waals surface area contributed by atoms with Crippen molar-refractivity contribution in [2.24, 2.45) is 0 Å². The molecule has 17 heavy (non-hydrogen) atoms. The van der Waals surface area contributed by atoms with Crippen molar-refractivity contribution >= 4 is 27.5 Å². The number of rotatable bonds is 2. The van der Waals surface area contributed by atoms with E-state index in [1.165, 1.54) is 16.4 Å². The first-order valence-corrected chi connectivity index (χ1v) is 7.74. The Kier molecular flexibility index (Phi) is 3.60. The zero-order valence-electron chi connectivity index (χ0n) is 9.10. The second-order valence-electron chi connectivity index (χ2n) is 3.71. The third kappa shape index (κ3) is 2.56. The quantitative estimate of drug-likeness (QED) is 0.823. The van der Waals surface area contributed by atoms with Gasteiger partial charge in [-0.15, -0.1) is 0 Å². The van der Waals surface area contributed by atoms with Crippen LogP contribution in [0.1, 0.15) is 0 Å². The van der Waals surface area contributed by atoms with Gasteiger partial charge in [0.15, 0.2) is 0 Å². The van der Waals surface area contributed by atoms with Crippen LogP contribution in [0.5, 0.6) is 0 Å². The Hall–Kier alpha value is -0.790. The molecule has 0 amide bonds. The van der Waals surface area contributed by atoms with Crippen LogP contribution in [0.2, 0.25) is 0 Å². The summed E-state index contributed by atoms with van der Waals surface area (Å²) in [6.07, 6.45) is 0. The first-order chi connectivity index (χ1) is 8.01. The van der Waals surface area contributed by atoms with Gasteiger partial charge in [-0.05, 0) is 18.2 Å². The Morgan fingerprint density at radius 1 is 1.29 bits per heavy atom. The van der Waals surface area contributed by atoms with E-state index in [2.05, 4.69) is 0 Å². The molecule has 7 heteroatoms. The van der Waals surface area contributed by atoms with E-state index >= 15 is 0 Å². The topological polar surface area (TPSA) is 63.4 Å². The summed E-state index contributed by atoms with van der Waals surface area (Å²) in [6, 6.07) is 3.60. The monoisotopic (exact) mass is 276 g/mol. The minimum Gasteiger partial charge on any atom is -0.399 e. The van der Waals surface area contributed by atoms with E-state index in [0.29, 0.717) is 13.1 Å². The number of nitrogens with two attached hydrogens (primary N) is 1. The van der Waals surface area contributed by atoms with Gasteiger partial charge in [0.05, 0.1) is 0 Å². The van der Waals surface area contributed by atoms with Crippen molar-refractivity contribution < 1.29 is 12.8 Å². The molecule has 0 bridgehead atoms. The highest BCUT2D eigenvalue weighted by atomic mass is 32.2. The Balaban J connectivity index is 2.40. The molecule has 0 unspecified atom stereocenters. The van der Waals surface area contributed by atoms with Crippen molar-refractivity contribution in [3.05, 3.63) is 24.0 Å². The van der Waals surface area contributed by atoms with Crippen molar-refractivity contribution in [3.8, 4) is 0 Å². The van der Waals surface area contributed by atoms with Crippen LogP contribution in [-0.4, -0.2) is 37.3 Å². The lowest BCUT2D eigenvalue weighted by Crippen LogP contribution is -2.38. The van der Waals surface area contributed by atoms with Crippen molar-refractivity contribution in [2.75, 3.05) is 30.3 Å². The molecule has 0 spiro atoms. The number of anilines is 1. The standard InChI is InChI=1S/C10H13FN2O2S2/c11-9-2-1-8(12)7-10(9)17(14,15)13-3-5-16-6-4-13/h1-2,7H,3-6,12H2. The number of halogens is 1. The lowest BCUT2D eigenvalue weighted by molar-refractivity contribution is 0.438. The molecule has 1 aliphatic heterocycles. The van der Waals surface area contributed by atoms with Crippen molar-refractivity contribution in [1.29, 1.82) is 0 Å². The summed E-state index contributed by atoms with van der Waals surface area (Å²) in [5, 5.41) is 0. The minimum absolute atomic E-state index is 0.247. The second kappa shape index (κ2) is 4.83. The zero-order valence-corrected chi connectivity index (χ0v) is 10.7. The van der Waals surface area contributed by atoms with E-state index in [4.69, 9.17) is 5.73 Å². The first kappa shape index (κ1) is 12.7. The lowest BCUT2D eigenvalue weighted by Gasteiger charge is -2.25. The number of hydrogen-bond acceptors (Lipinski definition) is 4. The highest BCUT2D eigenvalue weighted by molar-refractivity contribution is 7.99.